The molecular formula is C26H30ClFN8O. The topological polar surface area (TPSA) is 117 Å². The third kappa shape index (κ3) is 6.14. The average Bonchev–Trinajstić information content (AvgIpc) is 3.11. The van der Waals surface area contributed by atoms with Gasteiger partial charge in [0.05, 0.1) is 18.0 Å². The standard InChI is InChI=1S/C26H30ClFN8O/c1-15(9-11-37-25-23(16(2)35-36(25)5)24-30-10-8-22(29)34-24)33-20-12-21(27)32-14-18(20)19-7-6-17(13-31-19)26(3,4)28/h6-8,10,12-15H,9,11H2,1-5H3,(H,32,33)(H2,29,30,34)/t15-/m0/s1. The summed E-state index contributed by atoms with van der Waals surface area (Å²) in [5, 5.41) is 8.29. The summed E-state index contributed by atoms with van der Waals surface area (Å²) in [4.78, 5) is 17.3. The van der Waals surface area contributed by atoms with Crippen LogP contribution < -0.4 is 15.8 Å². The van der Waals surface area contributed by atoms with Crippen LogP contribution in [-0.4, -0.2) is 42.4 Å². The Balaban J connectivity index is 1.46. The Labute approximate surface area is 220 Å². The molecule has 0 fully saturated rings. The van der Waals surface area contributed by atoms with Gasteiger partial charge in [0.25, 0.3) is 0 Å². The van der Waals surface area contributed by atoms with Crippen molar-refractivity contribution in [1.82, 2.24) is 29.7 Å². The highest BCUT2D eigenvalue weighted by Gasteiger charge is 2.21. The fourth-order valence-electron chi connectivity index (χ4n) is 3.88. The number of ether oxygens (including phenoxy) is 1. The van der Waals surface area contributed by atoms with Crippen LogP contribution in [0.5, 0.6) is 5.88 Å². The lowest BCUT2D eigenvalue weighted by molar-refractivity contribution is 0.221. The molecule has 4 aromatic rings. The van der Waals surface area contributed by atoms with Gasteiger partial charge in [0.1, 0.15) is 22.2 Å². The van der Waals surface area contributed by atoms with Gasteiger partial charge in [-0.2, -0.15) is 5.10 Å². The van der Waals surface area contributed by atoms with Crippen LogP contribution in [0.1, 0.15) is 38.4 Å². The second kappa shape index (κ2) is 10.7. The molecule has 3 N–H and O–H groups in total. The molecule has 1 atom stereocenters. The number of nitrogens with two attached hydrogens (primary N) is 1. The van der Waals surface area contributed by atoms with Gasteiger partial charge in [-0.25, -0.2) is 24.0 Å². The lowest BCUT2D eigenvalue weighted by atomic mass is 10.0. The summed E-state index contributed by atoms with van der Waals surface area (Å²) in [6, 6.07) is 6.92. The third-order valence-electron chi connectivity index (χ3n) is 5.86. The van der Waals surface area contributed by atoms with Crippen LogP contribution in [0.3, 0.4) is 0 Å². The maximum atomic E-state index is 14.3. The quantitative estimate of drug-likeness (QED) is 0.281. The Morgan fingerprint density at radius 1 is 1.19 bits per heavy atom. The SMILES string of the molecule is Cc1nn(C)c(OCC[C@H](C)Nc2cc(Cl)ncc2-c2ccc(C(C)(C)F)cn2)c1-c1nccc(N)n1. The Morgan fingerprint density at radius 2 is 1.97 bits per heavy atom. The van der Waals surface area contributed by atoms with Crippen LogP contribution in [0.4, 0.5) is 15.9 Å². The first kappa shape index (κ1) is 26.3. The molecule has 0 aliphatic rings. The molecule has 0 spiro atoms. The van der Waals surface area contributed by atoms with E-state index in [9.17, 15) is 4.39 Å². The fraction of sp³-hybridized carbons (Fsp3) is 0.346. The number of halogens is 2. The van der Waals surface area contributed by atoms with Crippen LogP contribution in [0.2, 0.25) is 5.15 Å². The van der Waals surface area contributed by atoms with Gasteiger partial charge in [0.15, 0.2) is 5.82 Å². The minimum absolute atomic E-state index is 0.0164. The number of alkyl halides is 1. The number of rotatable bonds is 9. The number of hydrogen-bond donors (Lipinski definition) is 2. The van der Waals surface area contributed by atoms with Crippen LogP contribution in [0, 0.1) is 6.92 Å². The number of pyridine rings is 2. The summed E-state index contributed by atoms with van der Waals surface area (Å²) in [7, 11) is 1.81. The summed E-state index contributed by atoms with van der Waals surface area (Å²) < 4.78 is 22.1. The summed E-state index contributed by atoms with van der Waals surface area (Å²) in [5.74, 6) is 1.42. The van der Waals surface area contributed by atoms with Crippen molar-refractivity contribution < 1.29 is 9.13 Å². The van der Waals surface area contributed by atoms with Gasteiger partial charge in [-0.3, -0.25) is 4.98 Å². The number of nitrogens with one attached hydrogen (secondary N) is 1. The average molecular weight is 525 g/mol. The van der Waals surface area contributed by atoms with Gasteiger partial charge in [-0.1, -0.05) is 17.7 Å². The molecule has 4 heterocycles. The summed E-state index contributed by atoms with van der Waals surface area (Å²) in [6.07, 6.45) is 5.48. The molecule has 37 heavy (non-hydrogen) atoms. The molecule has 0 aromatic carbocycles. The fourth-order valence-corrected chi connectivity index (χ4v) is 4.04. The van der Waals surface area contributed by atoms with Crippen LogP contribution in [-0.2, 0) is 12.7 Å². The molecule has 0 saturated heterocycles. The van der Waals surface area contributed by atoms with E-state index in [1.807, 2.05) is 20.9 Å². The lowest BCUT2D eigenvalue weighted by Gasteiger charge is -2.19. The van der Waals surface area contributed by atoms with E-state index in [1.165, 1.54) is 13.8 Å². The zero-order chi connectivity index (χ0) is 26.7. The molecule has 4 rings (SSSR count). The van der Waals surface area contributed by atoms with Gasteiger partial charge >= 0.3 is 0 Å². The van der Waals surface area contributed by atoms with Gasteiger partial charge in [-0.15, -0.1) is 0 Å². The first-order valence-corrected chi connectivity index (χ1v) is 12.2. The van der Waals surface area contributed by atoms with Crippen molar-refractivity contribution in [3.63, 3.8) is 0 Å². The number of aromatic nitrogens is 6. The van der Waals surface area contributed by atoms with Crippen molar-refractivity contribution in [3.05, 3.63) is 59.3 Å². The summed E-state index contributed by atoms with van der Waals surface area (Å²) in [5.41, 5.74) is 8.56. The van der Waals surface area contributed by atoms with E-state index >= 15 is 0 Å². The zero-order valence-corrected chi connectivity index (χ0v) is 22.2. The predicted molar refractivity (Wildman–Crippen MR) is 143 cm³/mol. The molecule has 0 amide bonds. The maximum Gasteiger partial charge on any atom is 0.223 e. The van der Waals surface area contributed by atoms with Crippen molar-refractivity contribution in [2.45, 2.75) is 45.8 Å². The van der Waals surface area contributed by atoms with Crippen LogP contribution in [0.25, 0.3) is 22.6 Å². The van der Waals surface area contributed by atoms with Crippen LogP contribution >= 0.6 is 11.6 Å². The highest BCUT2D eigenvalue weighted by molar-refractivity contribution is 6.29. The second-order valence-corrected chi connectivity index (χ2v) is 9.72. The lowest BCUT2D eigenvalue weighted by Crippen LogP contribution is -2.19. The first-order valence-electron chi connectivity index (χ1n) is 11.9. The summed E-state index contributed by atoms with van der Waals surface area (Å²) in [6.45, 7) is 7.34. The van der Waals surface area contributed by atoms with Gasteiger partial charge in [-0.05, 0) is 45.9 Å². The Kier molecular flexibility index (Phi) is 7.58. The highest BCUT2D eigenvalue weighted by Crippen LogP contribution is 2.32. The van der Waals surface area contributed by atoms with E-state index in [1.54, 1.807) is 47.5 Å². The van der Waals surface area contributed by atoms with Crippen molar-refractivity contribution in [1.29, 1.82) is 0 Å². The number of nitrogen functional groups attached to an aromatic ring is 1. The van der Waals surface area contributed by atoms with E-state index < -0.39 is 5.67 Å². The highest BCUT2D eigenvalue weighted by atomic mass is 35.5. The van der Waals surface area contributed by atoms with Gasteiger partial charge < -0.3 is 15.8 Å². The van der Waals surface area contributed by atoms with E-state index in [0.717, 1.165) is 16.9 Å². The van der Waals surface area contributed by atoms with Crippen molar-refractivity contribution >= 4 is 23.1 Å². The molecule has 0 aliphatic heterocycles. The Hall–Kier alpha value is -3.79. The largest absolute Gasteiger partial charge is 0.477 e. The molecular weight excluding hydrogens is 495 g/mol. The van der Waals surface area contributed by atoms with Gasteiger partial charge in [0.2, 0.25) is 5.88 Å². The molecule has 0 aliphatic carbocycles. The van der Waals surface area contributed by atoms with Crippen LogP contribution in [0.15, 0.2) is 42.9 Å². The Bertz CT molecular complexity index is 1380. The number of anilines is 2. The number of hydrogen-bond acceptors (Lipinski definition) is 8. The van der Waals surface area contributed by atoms with Gasteiger partial charge in [0, 0.05) is 54.9 Å². The smallest absolute Gasteiger partial charge is 0.223 e. The minimum Gasteiger partial charge on any atom is -0.477 e. The normalized spacial score (nSPS) is 12.4. The molecule has 0 unspecified atom stereocenters. The molecule has 0 bridgehead atoms. The molecule has 194 valence electrons. The zero-order valence-electron chi connectivity index (χ0n) is 21.5. The second-order valence-electron chi connectivity index (χ2n) is 9.33. The maximum absolute atomic E-state index is 14.3. The summed E-state index contributed by atoms with van der Waals surface area (Å²) >= 11 is 6.19. The molecule has 9 nitrogen and oxygen atoms in total. The van der Waals surface area contributed by atoms with Crippen molar-refractivity contribution in [3.8, 4) is 28.5 Å². The first-order chi connectivity index (χ1) is 17.5. The van der Waals surface area contributed by atoms with Crippen molar-refractivity contribution in [2.24, 2.45) is 7.05 Å². The monoisotopic (exact) mass is 524 g/mol. The molecule has 0 radical (unpaired) electrons. The third-order valence-corrected chi connectivity index (χ3v) is 6.07. The minimum atomic E-state index is -1.47. The number of aryl methyl sites for hydroxylation is 2. The van der Waals surface area contributed by atoms with E-state index in [0.29, 0.717) is 52.5 Å². The Morgan fingerprint density at radius 3 is 2.65 bits per heavy atom. The van der Waals surface area contributed by atoms with Crippen molar-refractivity contribution in [2.75, 3.05) is 17.7 Å². The molecule has 0 saturated carbocycles. The van der Waals surface area contributed by atoms with E-state index in [-0.39, 0.29) is 6.04 Å². The van der Waals surface area contributed by atoms with E-state index in [4.69, 9.17) is 22.1 Å². The molecule has 4 aromatic heterocycles. The molecule has 11 heteroatoms. The number of nitrogens with zero attached hydrogens (tertiary/aromatic N) is 6. The van der Waals surface area contributed by atoms with E-state index in [2.05, 4.69) is 30.4 Å². The predicted octanol–water partition coefficient (Wildman–Crippen LogP) is 5.35.